The Balaban J connectivity index is 2.30. The molecule has 0 fully saturated rings. The van der Waals surface area contributed by atoms with Gasteiger partial charge in [-0.15, -0.1) is 0 Å². The lowest BCUT2D eigenvalue weighted by Gasteiger charge is -2.14. The Morgan fingerprint density at radius 3 is 2.43 bits per heavy atom. The summed E-state index contributed by atoms with van der Waals surface area (Å²) in [6.45, 7) is 5.69. The van der Waals surface area contributed by atoms with Gasteiger partial charge in [-0.05, 0) is 0 Å². The smallest absolute Gasteiger partial charge is 0.268 e. The highest BCUT2D eigenvalue weighted by Gasteiger charge is 2.31. The largest absolute Gasteiger partial charge is 0.287 e. The lowest BCUT2D eigenvalue weighted by molar-refractivity contribution is -0.685. The SMILES string of the molecule is CC(C)(C)C(=O)c1cncc[n+]1CC(=O)c1ccccc1. The molecule has 4 nitrogen and oxygen atoms in total. The van der Waals surface area contributed by atoms with E-state index >= 15 is 0 Å². The third-order valence-electron chi connectivity index (χ3n) is 3.16. The second-order valence-corrected chi connectivity index (χ2v) is 5.96. The summed E-state index contributed by atoms with van der Waals surface area (Å²) in [7, 11) is 0. The summed E-state index contributed by atoms with van der Waals surface area (Å²) in [6, 6.07) is 9.06. The van der Waals surface area contributed by atoms with Crippen LogP contribution in [0.3, 0.4) is 0 Å². The quantitative estimate of drug-likeness (QED) is 0.640. The molecular weight excluding hydrogens is 264 g/mol. The normalized spacial score (nSPS) is 11.2. The van der Waals surface area contributed by atoms with Gasteiger partial charge in [-0.25, -0.2) is 0 Å². The fraction of sp³-hybridized carbons (Fsp3) is 0.294. The Labute approximate surface area is 124 Å². The molecule has 0 amide bonds. The minimum atomic E-state index is -0.513. The number of benzene rings is 1. The van der Waals surface area contributed by atoms with Crippen molar-refractivity contribution in [3.63, 3.8) is 0 Å². The van der Waals surface area contributed by atoms with E-state index in [9.17, 15) is 9.59 Å². The number of carbonyl (C=O) groups is 2. The molecule has 0 radical (unpaired) electrons. The summed E-state index contributed by atoms with van der Waals surface area (Å²) >= 11 is 0. The average Bonchev–Trinajstić information content (AvgIpc) is 2.47. The molecule has 0 aliphatic heterocycles. The maximum atomic E-state index is 12.4. The van der Waals surface area contributed by atoms with Crippen molar-refractivity contribution < 1.29 is 14.2 Å². The molecule has 0 atom stereocenters. The van der Waals surface area contributed by atoms with Crippen molar-refractivity contribution in [2.75, 3.05) is 0 Å². The van der Waals surface area contributed by atoms with Gasteiger partial charge in [0.2, 0.25) is 18.1 Å². The predicted molar refractivity (Wildman–Crippen MR) is 79.0 cm³/mol. The van der Waals surface area contributed by atoms with E-state index in [1.54, 1.807) is 29.1 Å². The first-order valence-electron chi connectivity index (χ1n) is 6.86. The molecule has 0 aliphatic rings. The van der Waals surface area contributed by atoms with Crippen molar-refractivity contribution in [1.82, 2.24) is 4.98 Å². The monoisotopic (exact) mass is 283 g/mol. The van der Waals surface area contributed by atoms with E-state index in [1.807, 2.05) is 39.0 Å². The van der Waals surface area contributed by atoms with Crippen LogP contribution in [0.1, 0.15) is 41.6 Å². The highest BCUT2D eigenvalue weighted by atomic mass is 16.1. The first-order valence-corrected chi connectivity index (χ1v) is 6.86. The van der Waals surface area contributed by atoms with Gasteiger partial charge in [-0.1, -0.05) is 51.1 Å². The maximum absolute atomic E-state index is 12.4. The molecule has 0 bridgehead atoms. The van der Waals surface area contributed by atoms with Crippen molar-refractivity contribution in [1.29, 1.82) is 0 Å². The highest BCUT2D eigenvalue weighted by Crippen LogP contribution is 2.18. The minimum absolute atomic E-state index is 0.0311. The van der Waals surface area contributed by atoms with Crippen LogP contribution in [-0.2, 0) is 6.54 Å². The predicted octanol–water partition coefficient (Wildman–Crippen LogP) is 2.48. The van der Waals surface area contributed by atoms with Crippen molar-refractivity contribution in [2.45, 2.75) is 27.3 Å². The highest BCUT2D eigenvalue weighted by molar-refractivity contribution is 5.97. The van der Waals surface area contributed by atoms with E-state index in [4.69, 9.17) is 0 Å². The topological polar surface area (TPSA) is 50.9 Å². The second-order valence-electron chi connectivity index (χ2n) is 5.96. The lowest BCUT2D eigenvalue weighted by Crippen LogP contribution is -2.45. The van der Waals surface area contributed by atoms with Crippen LogP contribution >= 0.6 is 0 Å². The van der Waals surface area contributed by atoms with Crippen molar-refractivity contribution in [3.05, 3.63) is 60.2 Å². The molecule has 4 heteroatoms. The molecule has 0 unspecified atom stereocenters. The summed E-state index contributed by atoms with van der Waals surface area (Å²) in [6.07, 6.45) is 4.77. The zero-order valence-corrected chi connectivity index (χ0v) is 12.5. The van der Waals surface area contributed by atoms with Gasteiger partial charge in [0.15, 0.2) is 6.20 Å². The first kappa shape index (κ1) is 15.0. The molecule has 1 heterocycles. The maximum Gasteiger partial charge on any atom is 0.268 e. The Hall–Kier alpha value is -2.36. The van der Waals surface area contributed by atoms with Gasteiger partial charge in [0.25, 0.3) is 5.69 Å². The average molecular weight is 283 g/mol. The van der Waals surface area contributed by atoms with Gasteiger partial charge >= 0.3 is 0 Å². The molecule has 2 aromatic rings. The Morgan fingerprint density at radius 2 is 1.81 bits per heavy atom. The number of ketones is 2. The second kappa shape index (κ2) is 5.95. The third kappa shape index (κ3) is 3.60. The fourth-order valence-electron chi connectivity index (χ4n) is 1.97. The van der Waals surface area contributed by atoms with Crippen LogP contribution in [-0.4, -0.2) is 16.6 Å². The number of rotatable bonds is 4. The van der Waals surface area contributed by atoms with Gasteiger partial charge in [0.1, 0.15) is 6.20 Å². The molecule has 2 rings (SSSR count). The molecule has 108 valence electrons. The molecule has 21 heavy (non-hydrogen) atoms. The summed E-state index contributed by atoms with van der Waals surface area (Å²) in [5, 5.41) is 0. The number of hydrogen-bond acceptors (Lipinski definition) is 3. The Kier molecular flexibility index (Phi) is 4.26. The van der Waals surface area contributed by atoms with E-state index in [1.165, 1.54) is 6.20 Å². The van der Waals surface area contributed by atoms with E-state index < -0.39 is 5.41 Å². The molecule has 1 aromatic carbocycles. The van der Waals surface area contributed by atoms with Crippen LogP contribution < -0.4 is 4.57 Å². The van der Waals surface area contributed by atoms with E-state index in [0.717, 1.165) is 0 Å². The summed E-state index contributed by atoms with van der Waals surface area (Å²) in [4.78, 5) is 28.7. The minimum Gasteiger partial charge on any atom is -0.287 e. The summed E-state index contributed by atoms with van der Waals surface area (Å²) in [5.41, 5.74) is 0.575. The van der Waals surface area contributed by atoms with Crippen molar-refractivity contribution >= 4 is 11.6 Å². The Morgan fingerprint density at radius 1 is 1.14 bits per heavy atom. The fourth-order valence-corrected chi connectivity index (χ4v) is 1.97. The van der Waals surface area contributed by atoms with Gasteiger partial charge in [-0.3, -0.25) is 14.6 Å². The van der Waals surface area contributed by atoms with Gasteiger partial charge in [0, 0.05) is 11.0 Å². The molecule has 0 spiro atoms. The van der Waals surface area contributed by atoms with E-state index in [0.29, 0.717) is 11.3 Å². The standard InChI is InChI=1S/C17H19N2O2/c1-17(2,3)16(21)14-11-18-9-10-19(14)12-15(20)13-7-5-4-6-8-13/h4-11H,12H2,1-3H3/q+1. The number of hydrogen-bond donors (Lipinski definition) is 0. The first-order chi connectivity index (χ1) is 9.89. The van der Waals surface area contributed by atoms with Gasteiger partial charge < -0.3 is 0 Å². The van der Waals surface area contributed by atoms with Crippen LogP contribution in [0.4, 0.5) is 0 Å². The Bertz CT molecular complexity index is 658. The third-order valence-corrected chi connectivity index (χ3v) is 3.16. The van der Waals surface area contributed by atoms with E-state index in [2.05, 4.69) is 4.98 Å². The molecule has 0 aliphatic carbocycles. The number of Topliss-reactive ketones (excluding diaryl/α,β-unsaturated/α-hetero) is 2. The van der Waals surface area contributed by atoms with Crippen LogP contribution in [0.15, 0.2) is 48.9 Å². The molecule has 1 aromatic heterocycles. The van der Waals surface area contributed by atoms with Crippen LogP contribution in [0.2, 0.25) is 0 Å². The van der Waals surface area contributed by atoms with Gasteiger partial charge in [-0.2, -0.15) is 4.57 Å². The summed E-state index contributed by atoms with van der Waals surface area (Å²) in [5.74, 6) is -0.0637. The van der Waals surface area contributed by atoms with Crippen LogP contribution in [0.25, 0.3) is 0 Å². The number of carbonyl (C=O) groups excluding carboxylic acids is 2. The number of nitrogens with zero attached hydrogens (tertiary/aromatic N) is 2. The zero-order chi connectivity index (χ0) is 15.5. The van der Waals surface area contributed by atoms with Gasteiger partial charge in [0.05, 0.1) is 6.20 Å². The van der Waals surface area contributed by atoms with Crippen LogP contribution in [0.5, 0.6) is 0 Å². The summed E-state index contributed by atoms with van der Waals surface area (Å²) < 4.78 is 1.66. The van der Waals surface area contributed by atoms with Crippen molar-refractivity contribution in [2.24, 2.45) is 5.41 Å². The molecule has 0 N–H and O–H groups in total. The van der Waals surface area contributed by atoms with Crippen LogP contribution in [0, 0.1) is 5.41 Å². The lowest BCUT2D eigenvalue weighted by atomic mass is 9.89. The van der Waals surface area contributed by atoms with Crippen molar-refractivity contribution in [3.8, 4) is 0 Å². The molecule has 0 saturated carbocycles. The van der Waals surface area contributed by atoms with E-state index in [-0.39, 0.29) is 18.1 Å². The zero-order valence-electron chi connectivity index (χ0n) is 12.5. The number of aromatic nitrogens is 2. The molecule has 0 saturated heterocycles. The molecular formula is C17H19N2O2+.